The Labute approximate surface area is 118 Å². The number of aryl methyl sites for hydroxylation is 1. The summed E-state index contributed by atoms with van der Waals surface area (Å²) in [5.74, 6) is 1.26. The monoisotopic (exact) mass is 272 g/mol. The van der Waals surface area contributed by atoms with Crippen molar-refractivity contribution in [2.45, 2.75) is 13.5 Å². The molecule has 0 radical (unpaired) electrons. The molecule has 2 heterocycles. The van der Waals surface area contributed by atoms with E-state index in [1.807, 2.05) is 23.1 Å². The number of aromatic nitrogens is 2. The molecule has 0 bridgehead atoms. The highest BCUT2D eigenvalue weighted by Crippen LogP contribution is 2.16. The first kappa shape index (κ1) is 13.1. The van der Waals surface area contributed by atoms with Gasteiger partial charge in [0.05, 0.1) is 17.6 Å². The molecule has 1 aliphatic rings. The Bertz CT molecular complexity index is 626. The van der Waals surface area contributed by atoms with Crippen LogP contribution in [0.15, 0.2) is 24.3 Å². The highest BCUT2D eigenvalue weighted by molar-refractivity contribution is 5.75. The van der Waals surface area contributed by atoms with Gasteiger partial charge in [-0.1, -0.05) is 12.1 Å². The zero-order valence-corrected chi connectivity index (χ0v) is 12.0. The number of rotatable bonds is 2. The zero-order valence-electron chi connectivity index (χ0n) is 12.0. The van der Waals surface area contributed by atoms with Crippen molar-refractivity contribution in [1.82, 2.24) is 19.4 Å². The second kappa shape index (κ2) is 5.25. The number of fused-ring (bicyclic) bond motifs is 1. The number of hydrogen-bond acceptors (Lipinski definition) is 3. The first-order valence-corrected chi connectivity index (χ1v) is 7.03. The molecule has 1 aromatic carbocycles. The maximum absolute atomic E-state index is 11.3. The minimum Gasteiger partial charge on any atom is -0.340 e. The third kappa shape index (κ3) is 2.41. The van der Waals surface area contributed by atoms with Crippen LogP contribution in [0.2, 0.25) is 0 Å². The van der Waals surface area contributed by atoms with Crippen LogP contribution in [0.5, 0.6) is 0 Å². The molecule has 5 heteroatoms. The number of hydrogen-bond donors (Lipinski definition) is 0. The molecule has 2 aromatic rings. The quantitative estimate of drug-likeness (QED) is 0.826. The Balaban J connectivity index is 1.71. The Morgan fingerprint density at radius 1 is 1.20 bits per heavy atom. The summed E-state index contributed by atoms with van der Waals surface area (Å²) in [4.78, 5) is 20.3. The standard InChI is InChI=1S/C15H20N4O/c1-12(20)19-9-7-18(8-10-19)11-15-16-13-5-3-4-6-14(13)17(15)2/h3-6H,7-11H2,1-2H3. The van der Waals surface area contributed by atoms with Gasteiger partial charge in [-0.3, -0.25) is 9.69 Å². The predicted molar refractivity (Wildman–Crippen MR) is 78.2 cm³/mol. The number of piperazine rings is 1. The SMILES string of the molecule is CC(=O)N1CCN(Cc2nc3ccccc3n2C)CC1. The van der Waals surface area contributed by atoms with Crippen molar-refractivity contribution in [3.63, 3.8) is 0 Å². The van der Waals surface area contributed by atoms with Gasteiger partial charge in [-0.15, -0.1) is 0 Å². The van der Waals surface area contributed by atoms with E-state index in [1.165, 1.54) is 5.52 Å². The first-order valence-electron chi connectivity index (χ1n) is 7.03. The lowest BCUT2D eigenvalue weighted by Crippen LogP contribution is -2.47. The van der Waals surface area contributed by atoms with Crippen LogP contribution in [0.25, 0.3) is 11.0 Å². The van der Waals surface area contributed by atoms with E-state index < -0.39 is 0 Å². The fourth-order valence-electron chi connectivity index (χ4n) is 2.76. The first-order chi connectivity index (χ1) is 9.65. The van der Waals surface area contributed by atoms with Gasteiger partial charge < -0.3 is 9.47 Å². The highest BCUT2D eigenvalue weighted by Gasteiger charge is 2.20. The molecular formula is C15H20N4O. The second-order valence-electron chi connectivity index (χ2n) is 5.36. The van der Waals surface area contributed by atoms with Crippen molar-refractivity contribution in [2.75, 3.05) is 26.2 Å². The minimum absolute atomic E-state index is 0.174. The number of carbonyl (C=O) groups is 1. The van der Waals surface area contributed by atoms with E-state index in [2.05, 4.69) is 22.6 Å². The molecule has 0 saturated carbocycles. The molecule has 106 valence electrons. The summed E-state index contributed by atoms with van der Waals surface area (Å²) in [6.07, 6.45) is 0. The molecule has 1 aliphatic heterocycles. The molecule has 1 aromatic heterocycles. The molecule has 3 rings (SSSR count). The molecular weight excluding hydrogens is 252 g/mol. The van der Waals surface area contributed by atoms with Gasteiger partial charge in [0.25, 0.3) is 0 Å². The summed E-state index contributed by atoms with van der Waals surface area (Å²) in [6, 6.07) is 8.20. The van der Waals surface area contributed by atoms with Crippen LogP contribution in [0.1, 0.15) is 12.7 Å². The van der Waals surface area contributed by atoms with Gasteiger partial charge in [-0.05, 0) is 12.1 Å². The lowest BCUT2D eigenvalue weighted by atomic mass is 10.3. The van der Waals surface area contributed by atoms with Gasteiger partial charge in [0.2, 0.25) is 5.91 Å². The number of imidazole rings is 1. The molecule has 0 unspecified atom stereocenters. The van der Waals surface area contributed by atoms with Gasteiger partial charge in [-0.25, -0.2) is 4.98 Å². The normalized spacial score (nSPS) is 16.8. The third-order valence-corrected chi connectivity index (χ3v) is 4.06. The molecule has 1 amide bonds. The fourth-order valence-corrected chi connectivity index (χ4v) is 2.76. The summed E-state index contributed by atoms with van der Waals surface area (Å²) in [5.41, 5.74) is 2.22. The lowest BCUT2D eigenvalue weighted by Gasteiger charge is -2.33. The average molecular weight is 272 g/mol. The number of para-hydroxylation sites is 2. The highest BCUT2D eigenvalue weighted by atomic mass is 16.2. The van der Waals surface area contributed by atoms with Crippen LogP contribution in [-0.4, -0.2) is 51.4 Å². The van der Waals surface area contributed by atoms with Crippen molar-refractivity contribution in [2.24, 2.45) is 7.05 Å². The largest absolute Gasteiger partial charge is 0.340 e. The summed E-state index contributed by atoms with van der Waals surface area (Å²) in [5, 5.41) is 0. The maximum atomic E-state index is 11.3. The second-order valence-corrected chi connectivity index (χ2v) is 5.36. The van der Waals surface area contributed by atoms with E-state index in [9.17, 15) is 4.79 Å². The van der Waals surface area contributed by atoms with Crippen molar-refractivity contribution in [1.29, 1.82) is 0 Å². The Morgan fingerprint density at radius 2 is 1.90 bits per heavy atom. The van der Waals surface area contributed by atoms with Crippen LogP contribution >= 0.6 is 0 Å². The maximum Gasteiger partial charge on any atom is 0.219 e. The molecule has 5 nitrogen and oxygen atoms in total. The van der Waals surface area contributed by atoms with Gasteiger partial charge in [0.1, 0.15) is 5.82 Å². The third-order valence-electron chi connectivity index (χ3n) is 4.06. The molecule has 0 atom stereocenters. The van der Waals surface area contributed by atoms with Gasteiger partial charge in [0.15, 0.2) is 0 Å². The average Bonchev–Trinajstić information content (AvgIpc) is 2.77. The van der Waals surface area contributed by atoms with Crippen molar-refractivity contribution in [3.8, 4) is 0 Å². The number of amides is 1. The fraction of sp³-hybridized carbons (Fsp3) is 0.467. The lowest BCUT2D eigenvalue weighted by molar-refractivity contribution is -0.130. The van der Waals surface area contributed by atoms with Crippen LogP contribution in [0.4, 0.5) is 0 Å². The zero-order chi connectivity index (χ0) is 14.1. The minimum atomic E-state index is 0.174. The van der Waals surface area contributed by atoms with Crippen molar-refractivity contribution < 1.29 is 4.79 Å². The van der Waals surface area contributed by atoms with E-state index >= 15 is 0 Å². The van der Waals surface area contributed by atoms with E-state index in [0.29, 0.717) is 0 Å². The Morgan fingerprint density at radius 3 is 2.55 bits per heavy atom. The van der Waals surface area contributed by atoms with Crippen LogP contribution in [-0.2, 0) is 18.4 Å². The molecule has 1 fully saturated rings. The summed E-state index contributed by atoms with van der Waals surface area (Å²) < 4.78 is 2.16. The summed E-state index contributed by atoms with van der Waals surface area (Å²) in [7, 11) is 2.07. The summed E-state index contributed by atoms with van der Waals surface area (Å²) >= 11 is 0. The Hall–Kier alpha value is -1.88. The number of carbonyl (C=O) groups excluding carboxylic acids is 1. The number of benzene rings is 1. The van der Waals surface area contributed by atoms with Gasteiger partial charge in [-0.2, -0.15) is 0 Å². The van der Waals surface area contributed by atoms with Gasteiger partial charge in [0, 0.05) is 40.2 Å². The molecule has 0 N–H and O–H groups in total. The van der Waals surface area contributed by atoms with E-state index in [-0.39, 0.29) is 5.91 Å². The van der Waals surface area contributed by atoms with Crippen LogP contribution < -0.4 is 0 Å². The van der Waals surface area contributed by atoms with Crippen molar-refractivity contribution in [3.05, 3.63) is 30.1 Å². The van der Waals surface area contributed by atoms with E-state index in [1.54, 1.807) is 6.92 Å². The summed E-state index contributed by atoms with van der Waals surface area (Å²) in [6.45, 7) is 5.96. The number of nitrogens with zero attached hydrogens (tertiary/aromatic N) is 4. The molecule has 20 heavy (non-hydrogen) atoms. The van der Waals surface area contributed by atoms with Crippen LogP contribution in [0, 0.1) is 0 Å². The van der Waals surface area contributed by atoms with Gasteiger partial charge >= 0.3 is 0 Å². The molecule has 0 spiro atoms. The predicted octanol–water partition coefficient (Wildman–Crippen LogP) is 1.24. The smallest absolute Gasteiger partial charge is 0.219 e. The van der Waals surface area contributed by atoms with E-state index in [4.69, 9.17) is 4.98 Å². The topological polar surface area (TPSA) is 41.4 Å². The molecule has 0 aliphatic carbocycles. The van der Waals surface area contributed by atoms with E-state index in [0.717, 1.165) is 44.1 Å². The Kier molecular flexibility index (Phi) is 3.44. The van der Waals surface area contributed by atoms with Crippen LogP contribution in [0.3, 0.4) is 0 Å². The molecule has 1 saturated heterocycles. The van der Waals surface area contributed by atoms with Crippen molar-refractivity contribution >= 4 is 16.9 Å².